The fourth-order valence-corrected chi connectivity index (χ4v) is 2.90. The third-order valence-corrected chi connectivity index (χ3v) is 4.01. The molecule has 8 heteroatoms. The second-order valence-electron chi connectivity index (χ2n) is 4.45. The van der Waals surface area contributed by atoms with Crippen molar-refractivity contribution >= 4 is 33.3 Å². The lowest BCUT2D eigenvalue weighted by Crippen LogP contribution is -2.24. The molecule has 2 N–H and O–H groups in total. The number of amides is 1. The van der Waals surface area contributed by atoms with Crippen LogP contribution in [0.4, 0.5) is 11.4 Å². The molecular formula is C12H14N2O5S. The molecule has 0 aliphatic carbocycles. The van der Waals surface area contributed by atoms with Crippen molar-refractivity contribution in [3.05, 3.63) is 24.3 Å². The first-order valence-electron chi connectivity index (χ1n) is 6.00. The molecule has 0 spiro atoms. The Balaban J connectivity index is 2.09. The Hall–Kier alpha value is -2.09. The van der Waals surface area contributed by atoms with Gasteiger partial charge in [0.2, 0.25) is 15.9 Å². The van der Waals surface area contributed by atoms with Crippen LogP contribution in [-0.4, -0.2) is 37.7 Å². The number of rotatable bonds is 5. The lowest BCUT2D eigenvalue weighted by atomic mass is 10.2. The molecule has 20 heavy (non-hydrogen) atoms. The summed E-state index contributed by atoms with van der Waals surface area (Å²) in [5, 5.41) is 8.48. The van der Waals surface area contributed by atoms with Crippen molar-refractivity contribution in [3.63, 3.8) is 0 Å². The van der Waals surface area contributed by atoms with Crippen molar-refractivity contribution in [1.82, 2.24) is 0 Å². The van der Waals surface area contributed by atoms with Crippen LogP contribution in [0.25, 0.3) is 0 Å². The van der Waals surface area contributed by atoms with Crippen LogP contribution in [0.1, 0.15) is 12.8 Å². The molecule has 1 amide bonds. The van der Waals surface area contributed by atoms with Gasteiger partial charge in [0, 0.05) is 24.3 Å². The minimum absolute atomic E-state index is 0.0456. The fraction of sp³-hybridized carbons (Fsp3) is 0.333. The molecule has 2 rings (SSSR count). The van der Waals surface area contributed by atoms with E-state index in [9.17, 15) is 18.0 Å². The maximum Gasteiger partial charge on any atom is 0.320 e. The van der Waals surface area contributed by atoms with Crippen LogP contribution in [0.3, 0.4) is 0 Å². The van der Waals surface area contributed by atoms with Crippen LogP contribution in [0.5, 0.6) is 0 Å². The van der Waals surface area contributed by atoms with E-state index in [1.54, 1.807) is 17.0 Å². The van der Waals surface area contributed by atoms with Gasteiger partial charge in [-0.3, -0.25) is 14.3 Å². The maximum absolute atomic E-state index is 11.6. The summed E-state index contributed by atoms with van der Waals surface area (Å²) in [6.45, 7) is 0.656. The van der Waals surface area contributed by atoms with Crippen molar-refractivity contribution in [2.24, 2.45) is 0 Å². The number of nitrogens with zero attached hydrogens (tertiary/aromatic N) is 1. The van der Waals surface area contributed by atoms with E-state index in [1.165, 1.54) is 12.1 Å². The number of nitrogens with one attached hydrogen (secondary N) is 1. The Morgan fingerprint density at radius 2 is 1.95 bits per heavy atom. The van der Waals surface area contributed by atoms with Crippen LogP contribution >= 0.6 is 0 Å². The van der Waals surface area contributed by atoms with E-state index in [1.807, 2.05) is 0 Å². The summed E-state index contributed by atoms with van der Waals surface area (Å²) in [6, 6.07) is 6.25. The number of anilines is 2. The van der Waals surface area contributed by atoms with E-state index < -0.39 is 21.7 Å². The van der Waals surface area contributed by atoms with Gasteiger partial charge >= 0.3 is 5.97 Å². The van der Waals surface area contributed by atoms with Gasteiger partial charge in [-0.2, -0.15) is 0 Å². The minimum atomic E-state index is -3.91. The van der Waals surface area contributed by atoms with Crippen LogP contribution in [0.2, 0.25) is 0 Å². The molecule has 0 saturated carbocycles. The average Bonchev–Trinajstić information content (AvgIpc) is 2.74. The van der Waals surface area contributed by atoms with Gasteiger partial charge in [-0.1, -0.05) is 0 Å². The third-order valence-electron chi connectivity index (χ3n) is 2.84. The van der Waals surface area contributed by atoms with E-state index >= 15 is 0 Å². The molecule has 0 atom stereocenters. The summed E-state index contributed by atoms with van der Waals surface area (Å²) in [5.41, 5.74) is 0.968. The van der Waals surface area contributed by atoms with Gasteiger partial charge in [-0.05, 0) is 30.7 Å². The van der Waals surface area contributed by atoms with Crippen LogP contribution < -0.4 is 9.62 Å². The summed E-state index contributed by atoms with van der Waals surface area (Å²) in [4.78, 5) is 23.6. The Labute approximate surface area is 116 Å². The molecule has 0 bridgehead atoms. The van der Waals surface area contributed by atoms with Gasteiger partial charge in [0.05, 0.1) is 0 Å². The van der Waals surface area contributed by atoms with Crippen molar-refractivity contribution in [2.75, 3.05) is 21.9 Å². The zero-order chi connectivity index (χ0) is 14.8. The number of aliphatic carboxylic acids is 1. The number of carboxylic acid groups (broad SMARTS) is 1. The molecule has 0 aromatic heterocycles. The van der Waals surface area contributed by atoms with Crippen molar-refractivity contribution in [2.45, 2.75) is 12.8 Å². The lowest BCUT2D eigenvalue weighted by Gasteiger charge is -2.16. The molecule has 7 nitrogen and oxygen atoms in total. The van der Waals surface area contributed by atoms with Gasteiger partial charge < -0.3 is 10.0 Å². The number of sulfonamides is 1. The molecule has 108 valence electrons. The van der Waals surface area contributed by atoms with Crippen LogP contribution in [0.15, 0.2) is 24.3 Å². The number of benzene rings is 1. The maximum atomic E-state index is 11.6. The second-order valence-corrected chi connectivity index (χ2v) is 6.17. The summed E-state index contributed by atoms with van der Waals surface area (Å²) in [5.74, 6) is -2.36. The Bertz CT molecular complexity index is 624. The monoisotopic (exact) mass is 298 g/mol. The highest BCUT2D eigenvalue weighted by Crippen LogP contribution is 2.23. The molecule has 0 unspecified atom stereocenters. The zero-order valence-corrected chi connectivity index (χ0v) is 11.4. The highest BCUT2D eigenvalue weighted by molar-refractivity contribution is 7.93. The largest absolute Gasteiger partial charge is 0.480 e. The highest BCUT2D eigenvalue weighted by Gasteiger charge is 2.21. The minimum Gasteiger partial charge on any atom is -0.480 e. The quantitative estimate of drug-likeness (QED) is 0.830. The summed E-state index contributed by atoms with van der Waals surface area (Å²) < 4.78 is 25.1. The van der Waals surface area contributed by atoms with Crippen molar-refractivity contribution in [3.8, 4) is 0 Å². The van der Waals surface area contributed by atoms with Crippen LogP contribution in [-0.2, 0) is 19.6 Å². The van der Waals surface area contributed by atoms with Gasteiger partial charge in [-0.25, -0.2) is 8.42 Å². The predicted molar refractivity (Wildman–Crippen MR) is 73.1 cm³/mol. The summed E-state index contributed by atoms with van der Waals surface area (Å²) in [6.07, 6.45) is 1.33. The van der Waals surface area contributed by atoms with E-state index in [4.69, 9.17) is 5.11 Å². The SMILES string of the molecule is O=C(O)CS(=O)(=O)Nc1ccc(N2CCCC2=O)cc1. The highest BCUT2D eigenvalue weighted by atomic mass is 32.2. The Kier molecular flexibility index (Phi) is 3.93. The predicted octanol–water partition coefficient (Wildman–Crippen LogP) is 0.640. The topological polar surface area (TPSA) is 104 Å². The number of carbonyl (C=O) groups is 2. The van der Waals surface area contributed by atoms with E-state index in [0.717, 1.165) is 6.42 Å². The molecule has 1 aromatic rings. The molecular weight excluding hydrogens is 284 g/mol. The van der Waals surface area contributed by atoms with Gasteiger partial charge in [0.25, 0.3) is 0 Å². The lowest BCUT2D eigenvalue weighted by molar-refractivity contribution is -0.134. The first kappa shape index (κ1) is 14.3. The molecule has 1 fully saturated rings. The molecule has 1 saturated heterocycles. The average molecular weight is 298 g/mol. The molecule has 1 aliphatic heterocycles. The molecule has 1 aromatic carbocycles. The first-order chi connectivity index (χ1) is 9.37. The van der Waals surface area contributed by atoms with Crippen molar-refractivity contribution in [1.29, 1.82) is 0 Å². The van der Waals surface area contributed by atoms with Crippen LogP contribution in [0, 0.1) is 0 Å². The van der Waals surface area contributed by atoms with Gasteiger partial charge in [-0.15, -0.1) is 0 Å². The molecule has 1 aliphatic rings. The second kappa shape index (κ2) is 5.49. The number of carboxylic acids is 1. The number of hydrogen-bond acceptors (Lipinski definition) is 4. The summed E-state index contributed by atoms with van der Waals surface area (Å²) >= 11 is 0. The standard InChI is InChI=1S/C12H14N2O5S/c15-11-2-1-7-14(11)10-5-3-9(4-6-10)13-20(18,19)8-12(16)17/h3-6,13H,1-2,7-8H2,(H,16,17). The third kappa shape index (κ3) is 3.47. The fourth-order valence-electron chi connectivity index (χ4n) is 2.01. The van der Waals surface area contributed by atoms with Gasteiger partial charge in [0.15, 0.2) is 5.75 Å². The molecule has 0 radical (unpaired) electrons. The van der Waals surface area contributed by atoms with Crippen molar-refractivity contribution < 1.29 is 23.1 Å². The smallest absolute Gasteiger partial charge is 0.320 e. The van der Waals surface area contributed by atoms with E-state index in [2.05, 4.69) is 4.72 Å². The van der Waals surface area contributed by atoms with E-state index in [-0.39, 0.29) is 11.6 Å². The Morgan fingerprint density at radius 3 is 2.45 bits per heavy atom. The Morgan fingerprint density at radius 1 is 1.30 bits per heavy atom. The summed E-state index contributed by atoms with van der Waals surface area (Å²) in [7, 11) is -3.91. The van der Waals surface area contributed by atoms with Gasteiger partial charge in [0.1, 0.15) is 0 Å². The first-order valence-corrected chi connectivity index (χ1v) is 7.65. The van der Waals surface area contributed by atoms with E-state index in [0.29, 0.717) is 18.7 Å². The number of hydrogen-bond donors (Lipinski definition) is 2. The molecule has 1 heterocycles. The zero-order valence-electron chi connectivity index (χ0n) is 10.6. The number of carbonyl (C=O) groups excluding carboxylic acids is 1. The normalized spacial score (nSPS) is 15.4.